The van der Waals surface area contributed by atoms with Gasteiger partial charge in [0.1, 0.15) is 0 Å². The first-order valence-electron chi connectivity index (χ1n) is 6.85. The summed E-state index contributed by atoms with van der Waals surface area (Å²) < 4.78 is 0. The van der Waals surface area contributed by atoms with E-state index in [4.69, 9.17) is 0 Å². The molecule has 1 aliphatic heterocycles. The van der Waals surface area contributed by atoms with Crippen LogP contribution in [0.25, 0.3) is 0 Å². The van der Waals surface area contributed by atoms with Crippen molar-refractivity contribution in [1.29, 1.82) is 0 Å². The van der Waals surface area contributed by atoms with Gasteiger partial charge in [-0.05, 0) is 52.0 Å². The van der Waals surface area contributed by atoms with Crippen LogP contribution in [0.15, 0.2) is 24.3 Å². The van der Waals surface area contributed by atoms with Crippen LogP contribution in [0.2, 0.25) is 0 Å². The highest BCUT2D eigenvalue weighted by atomic mass is 16.2. The second kappa shape index (κ2) is 6.06. The number of likely N-dealkylation sites (tertiary alicyclic amines) is 1. The Bertz CT molecular complexity index is 422. The fourth-order valence-electron chi connectivity index (χ4n) is 2.40. The van der Waals surface area contributed by atoms with E-state index in [0.29, 0.717) is 6.04 Å². The molecule has 4 heteroatoms. The summed E-state index contributed by atoms with van der Waals surface area (Å²) in [6.07, 6.45) is 2.10. The van der Waals surface area contributed by atoms with Crippen LogP contribution in [-0.4, -0.2) is 49.1 Å². The molecule has 4 nitrogen and oxygen atoms in total. The van der Waals surface area contributed by atoms with Gasteiger partial charge in [-0.15, -0.1) is 0 Å². The molecular weight excluding hydrogens is 238 g/mol. The molecule has 1 N–H and O–H groups in total. The first-order valence-corrected chi connectivity index (χ1v) is 6.85. The zero-order chi connectivity index (χ0) is 13.8. The number of nitrogens with one attached hydrogen (secondary N) is 1. The minimum atomic E-state index is -0.0154. The number of aryl methyl sites for hydroxylation is 1. The molecule has 2 amide bonds. The molecule has 2 rings (SSSR count). The smallest absolute Gasteiger partial charge is 0.321 e. The number of hydrogen-bond donors (Lipinski definition) is 1. The van der Waals surface area contributed by atoms with Crippen LogP contribution in [0.5, 0.6) is 0 Å². The van der Waals surface area contributed by atoms with Crippen molar-refractivity contribution in [2.45, 2.75) is 25.8 Å². The molecule has 0 saturated carbocycles. The summed E-state index contributed by atoms with van der Waals surface area (Å²) in [5.74, 6) is 0. The maximum absolute atomic E-state index is 12.2. The lowest BCUT2D eigenvalue weighted by Gasteiger charge is -2.35. The van der Waals surface area contributed by atoms with Gasteiger partial charge in [0.2, 0.25) is 0 Å². The van der Waals surface area contributed by atoms with E-state index in [9.17, 15) is 4.79 Å². The number of anilines is 1. The van der Waals surface area contributed by atoms with Crippen molar-refractivity contribution in [3.63, 3.8) is 0 Å². The van der Waals surface area contributed by atoms with E-state index >= 15 is 0 Å². The highest BCUT2D eigenvalue weighted by molar-refractivity contribution is 5.89. The van der Waals surface area contributed by atoms with Crippen molar-refractivity contribution in [3.05, 3.63) is 29.8 Å². The number of hydrogen-bond acceptors (Lipinski definition) is 2. The van der Waals surface area contributed by atoms with Crippen molar-refractivity contribution in [1.82, 2.24) is 9.80 Å². The molecule has 0 spiro atoms. The number of piperidine rings is 1. The van der Waals surface area contributed by atoms with Gasteiger partial charge < -0.3 is 15.1 Å². The number of carbonyl (C=O) groups is 1. The molecule has 19 heavy (non-hydrogen) atoms. The Morgan fingerprint density at radius 2 is 1.84 bits per heavy atom. The third-order valence-electron chi connectivity index (χ3n) is 3.86. The Morgan fingerprint density at radius 1 is 1.26 bits per heavy atom. The number of benzene rings is 1. The molecular formula is C15H23N3O. The van der Waals surface area contributed by atoms with Gasteiger partial charge in [0.15, 0.2) is 0 Å². The lowest BCUT2D eigenvalue weighted by Crippen LogP contribution is -2.46. The van der Waals surface area contributed by atoms with Crippen LogP contribution in [0.1, 0.15) is 18.4 Å². The lowest BCUT2D eigenvalue weighted by molar-refractivity contribution is 0.156. The summed E-state index contributed by atoms with van der Waals surface area (Å²) >= 11 is 0. The van der Waals surface area contributed by atoms with Crippen molar-refractivity contribution >= 4 is 11.7 Å². The van der Waals surface area contributed by atoms with Gasteiger partial charge in [-0.2, -0.15) is 0 Å². The largest absolute Gasteiger partial charge is 0.325 e. The fraction of sp³-hybridized carbons (Fsp3) is 0.533. The minimum absolute atomic E-state index is 0.0154. The second-order valence-electron chi connectivity index (χ2n) is 5.44. The topological polar surface area (TPSA) is 35.6 Å². The average Bonchev–Trinajstić information content (AvgIpc) is 2.41. The third-order valence-corrected chi connectivity index (χ3v) is 3.86. The summed E-state index contributed by atoms with van der Waals surface area (Å²) in [6, 6.07) is 8.22. The van der Waals surface area contributed by atoms with Crippen molar-refractivity contribution in [2.75, 3.05) is 32.5 Å². The van der Waals surface area contributed by atoms with E-state index in [1.807, 2.05) is 43.1 Å². The predicted molar refractivity (Wildman–Crippen MR) is 78.5 cm³/mol. The van der Waals surface area contributed by atoms with Gasteiger partial charge in [-0.1, -0.05) is 17.7 Å². The maximum Gasteiger partial charge on any atom is 0.321 e. The number of nitrogens with zero attached hydrogens (tertiary/aromatic N) is 2. The molecule has 0 radical (unpaired) electrons. The summed E-state index contributed by atoms with van der Waals surface area (Å²) in [5, 5.41) is 2.95. The molecule has 1 fully saturated rings. The molecule has 1 heterocycles. The Kier molecular flexibility index (Phi) is 4.43. The van der Waals surface area contributed by atoms with E-state index in [1.165, 1.54) is 5.56 Å². The molecule has 0 unspecified atom stereocenters. The molecule has 1 aromatic carbocycles. The van der Waals surface area contributed by atoms with Crippen LogP contribution < -0.4 is 5.32 Å². The van der Waals surface area contributed by atoms with E-state index in [2.05, 4.69) is 17.3 Å². The molecule has 104 valence electrons. The third kappa shape index (κ3) is 3.70. The normalized spacial score (nSPS) is 17.2. The van der Waals surface area contributed by atoms with Gasteiger partial charge in [0.25, 0.3) is 0 Å². The Labute approximate surface area is 115 Å². The fourth-order valence-corrected chi connectivity index (χ4v) is 2.40. The first-order chi connectivity index (χ1) is 9.06. The predicted octanol–water partition coefficient (Wildman–Crippen LogP) is 2.55. The molecule has 1 saturated heterocycles. The minimum Gasteiger partial charge on any atom is -0.325 e. The van der Waals surface area contributed by atoms with Crippen molar-refractivity contribution in [3.8, 4) is 0 Å². The van der Waals surface area contributed by atoms with Crippen molar-refractivity contribution in [2.24, 2.45) is 0 Å². The van der Waals surface area contributed by atoms with E-state index in [1.54, 1.807) is 0 Å². The Morgan fingerprint density at radius 3 is 2.42 bits per heavy atom. The molecule has 0 aromatic heterocycles. The van der Waals surface area contributed by atoms with Crippen molar-refractivity contribution < 1.29 is 4.79 Å². The molecule has 0 bridgehead atoms. The summed E-state index contributed by atoms with van der Waals surface area (Å²) in [6.45, 7) is 4.16. The zero-order valence-electron chi connectivity index (χ0n) is 12.0. The lowest BCUT2D eigenvalue weighted by atomic mass is 10.0. The Hall–Kier alpha value is -1.55. The molecule has 1 aliphatic rings. The van der Waals surface area contributed by atoms with Crippen LogP contribution in [0.4, 0.5) is 10.5 Å². The summed E-state index contributed by atoms with van der Waals surface area (Å²) in [7, 11) is 4.02. The number of amides is 2. The van der Waals surface area contributed by atoms with Crippen LogP contribution in [0, 0.1) is 6.92 Å². The quantitative estimate of drug-likeness (QED) is 0.888. The summed E-state index contributed by atoms with van der Waals surface area (Å²) in [4.78, 5) is 16.3. The zero-order valence-corrected chi connectivity index (χ0v) is 12.0. The van der Waals surface area contributed by atoms with E-state index < -0.39 is 0 Å². The standard InChI is InChI=1S/C15H23N3O/c1-12-4-6-13(7-5-12)16-15(19)18(3)14-8-10-17(2)11-9-14/h4-7,14H,8-11H2,1-3H3,(H,16,19). The molecule has 0 atom stereocenters. The molecule has 0 aliphatic carbocycles. The van der Waals surface area contributed by atoms with Crippen LogP contribution in [0.3, 0.4) is 0 Å². The van der Waals surface area contributed by atoms with Crippen LogP contribution >= 0.6 is 0 Å². The average molecular weight is 261 g/mol. The highest BCUT2D eigenvalue weighted by Crippen LogP contribution is 2.16. The SMILES string of the molecule is Cc1ccc(NC(=O)N(C)C2CCN(C)CC2)cc1. The maximum atomic E-state index is 12.2. The second-order valence-corrected chi connectivity index (χ2v) is 5.44. The monoisotopic (exact) mass is 261 g/mol. The van der Waals surface area contributed by atoms with Gasteiger partial charge in [-0.3, -0.25) is 0 Å². The van der Waals surface area contributed by atoms with Gasteiger partial charge in [-0.25, -0.2) is 4.79 Å². The Balaban J connectivity index is 1.90. The van der Waals surface area contributed by atoms with Gasteiger partial charge in [0.05, 0.1) is 0 Å². The van der Waals surface area contributed by atoms with Gasteiger partial charge >= 0.3 is 6.03 Å². The first kappa shape index (κ1) is 13.9. The number of urea groups is 1. The highest BCUT2D eigenvalue weighted by Gasteiger charge is 2.23. The van der Waals surface area contributed by atoms with E-state index in [-0.39, 0.29) is 6.03 Å². The van der Waals surface area contributed by atoms with Crippen LogP contribution in [-0.2, 0) is 0 Å². The van der Waals surface area contributed by atoms with E-state index in [0.717, 1.165) is 31.6 Å². The number of rotatable bonds is 2. The van der Waals surface area contributed by atoms with Gasteiger partial charge in [0, 0.05) is 18.8 Å². The summed E-state index contributed by atoms with van der Waals surface area (Å²) in [5.41, 5.74) is 2.05. The number of carbonyl (C=O) groups excluding carboxylic acids is 1. The molecule has 1 aromatic rings.